The molecular weight excluding hydrogens is 407 g/mol. The first-order valence-electron chi connectivity index (χ1n) is 8.10. The molecule has 0 aliphatic rings. The summed E-state index contributed by atoms with van der Waals surface area (Å²) in [5, 5.41) is 1.72. The van der Waals surface area contributed by atoms with Crippen LogP contribution in [0.15, 0.2) is 41.4 Å². The van der Waals surface area contributed by atoms with Gasteiger partial charge in [-0.15, -0.1) is 11.8 Å². The summed E-state index contributed by atoms with van der Waals surface area (Å²) < 4.78 is 10.4. The van der Waals surface area contributed by atoms with Gasteiger partial charge >= 0.3 is 5.97 Å². The number of pyridine rings is 2. The highest BCUT2D eigenvalue weighted by molar-refractivity contribution is 7.98. The van der Waals surface area contributed by atoms with Crippen molar-refractivity contribution in [3.8, 4) is 17.1 Å². The van der Waals surface area contributed by atoms with Gasteiger partial charge in [-0.05, 0) is 43.5 Å². The second kappa shape index (κ2) is 8.78. The summed E-state index contributed by atoms with van der Waals surface area (Å²) in [5.74, 6) is 0.173. The smallest absolute Gasteiger partial charge is 0.344 e. The van der Waals surface area contributed by atoms with Crippen LogP contribution >= 0.6 is 35.0 Å². The van der Waals surface area contributed by atoms with Gasteiger partial charge in [-0.2, -0.15) is 0 Å². The van der Waals surface area contributed by atoms with Crippen LogP contribution in [0.25, 0.3) is 22.3 Å². The number of hydrogen-bond acceptors (Lipinski definition) is 6. The second-order valence-corrected chi connectivity index (χ2v) is 7.13. The van der Waals surface area contributed by atoms with E-state index in [0.29, 0.717) is 28.1 Å². The summed E-state index contributed by atoms with van der Waals surface area (Å²) in [6, 6.07) is 9.14. The van der Waals surface area contributed by atoms with Gasteiger partial charge in [0, 0.05) is 16.5 Å². The Bertz CT molecular complexity index is 998. The molecule has 0 spiro atoms. The van der Waals surface area contributed by atoms with Crippen molar-refractivity contribution in [3.63, 3.8) is 0 Å². The zero-order valence-electron chi connectivity index (χ0n) is 14.7. The average Bonchev–Trinajstić information content (AvgIpc) is 2.67. The highest BCUT2D eigenvalue weighted by Crippen LogP contribution is 2.34. The van der Waals surface area contributed by atoms with Crippen molar-refractivity contribution in [3.05, 3.63) is 46.6 Å². The standard InChI is InChI=1S/C19H16Cl2N2O3S/c1-3-25-18(24)10-26-12-4-5-15-11(6-12)7-17(27-2)19(23-15)16-8-13(20)14(21)9-22-16/h4-9H,3,10H2,1-2H3. The summed E-state index contributed by atoms with van der Waals surface area (Å²) in [5.41, 5.74) is 2.16. The van der Waals surface area contributed by atoms with Crippen LogP contribution in [0.4, 0.5) is 0 Å². The van der Waals surface area contributed by atoms with Crippen molar-refractivity contribution in [1.29, 1.82) is 0 Å². The van der Waals surface area contributed by atoms with E-state index >= 15 is 0 Å². The van der Waals surface area contributed by atoms with E-state index < -0.39 is 5.97 Å². The molecule has 0 bridgehead atoms. The monoisotopic (exact) mass is 422 g/mol. The lowest BCUT2D eigenvalue weighted by Gasteiger charge is -2.11. The SMILES string of the molecule is CCOC(=O)COc1ccc2nc(-c3cc(Cl)c(Cl)cn3)c(SC)cc2c1. The number of benzene rings is 1. The van der Waals surface area contributed by atoms with E-state index in [1.165, 1.54) is 6.20 Å². The molecule has 5 nitrogen and oxygen atoms in total. The van der Waals surface area contributed by atoms with Crippen molar-refractivity contribution in [2.45, 2.75) is 11.8 Å². The molecule has 0 unspecified atom stereocenters. The van der Waals surface area contributed by atoms with Gasteiger partial charge in [0.05, 0.1) is 27.9 Å². The molecule has 27 heavy (non-hydrogen) atoms. The third-order valence-electron chi connectivity index (χ3n) is 3.68. The molecular formula is C19H16Cl2N2O3S. The number of halogens is 2. The van der Waals surface area contributed by atoms with Crippen molar-refractivity contribution in [1.82, 2.24) is 9.97 Å². The Morgan fingerprint density at radius 3 is 2.70 bits per heavy atom. The Labute approximate surface area is 171 Å². The fraction of sp³-hybridized carbons (Fsp3) is 0.211. The first-order chi connectivity index (χ1) is 13.0. The number of aromatic nitrogens is 2. The van der Waals surface area contributed by atoms with Crippen LogP contribution in [0.2, 0.25) is 10.0 Å². The third-order valence-corrected chi connectivity index (χ3v) is 5.15. The minimum Gasteiger partial charge on any atom is -0.482 e. The number of thioether (sulfide) groups is 1. The van der Waals surface area contributed by atoms with E-state index in [1.807, 2.05) is 24.5 Å². The molecule has 0 N–H and O–H groups in total. The molecule has 2 aromatic heterocycles. The molecule has 0 radical (unpaired) electrons. The minimum atomic E-state index is -0.401. The van der Waals surface area contributed by atoms with Crippen LogP contribution in [0, 0.1) is 0 Å². The van der Waals surface area contributed by atoms with Gasteiger partial charge < -0.3 is 9.47 Å². The van der Waals surface area contributed by atoms with E-state index in [1.54, 1.807) is 30.8 Å². The van der Waals surface area contributed by atoms with Crippen molar-refractivity contribution in [2.75, 3.05) is 19.5 Å². The maximum atomic E-state index is 11.4. The topological polar surface area (TPSA) is 61.3 Å². The van der Waals surface area contributed by atoms with Crippen LogP contribution in [0.5, 0.6) is 5.75 Å². The lowest BCUT2D eigenvalue weighted by Crippen LogP contribution is -2.14. The van der Waals surface area contributed by atoms with Gasteiger partial charge in [0.1, 0.15) is 11.4 Å². The van der Waals surface area contributed by atoms with E-state index in [9.17, 15) is 4.79 Å². The molecule has 2 heterocycles. The van der Waals surface area contributed by atoms with Crippen LogP contribution < -0.4 is 4.74 Å². The van der Waals surface area contributed by atoms with Crippen molar-refractivity contribution in [2.24, 2.45) is 0 Å². The van der Waals surface area contributed by atoms with Gasteiger partial charge in [-0.1, -0.05) is 23.2 Å². The number of rotatable bonds is 6. The van der Waals surface area contributed by atoms with Gasteiger partial charge in [0.15, 0.2) is 6.61 Å². The Balaban J connectivity index is 1.95. The fourth-order valence-electron chi connectivity index (χ4n) is 2.45. The number of ether oxygens (including phenoxy) is 2. The molecule has 1 aromatic carbocycles. The Hall–Kier alpha value is -2.02. The van der Waals surface area contributed by atoms with E-state index in [0.717, 1.165) is 21.5 Å². The number of carbonyl (C=O) groups is 1. The summed E-state index contributed by atoms with van der Waals surface area (Å²) in [6.45, 7) is 1.95. The second-order valence-electron chi connectivity index (χ2n) is 5.47. The highest BCUT2D eigenvalue weighted by atomic mass is 35.5. The normalized spacial score (nSPS) is 10.8. The van der Waals surface area contributed by atoms with Crippen LogP contribution in [-0.4, -0.2) is 35.4 Å². The summed E-state index contributed by atoms with van der Waals surface area (Å²) in [7, 11) is 0. The Kier molecular flexibility index (Phi) is 6.42. The molecule has 0 aliphatic carbocycles. The summed E-state index contributed by atoms with van der Waals surface area (Å²) in [6.07, 6.45) is 3.48. The molecule has 0 saturated heterocycles. The Morgan fingerprint density at radius 1 is 1.19 bits per heavy atom. The van der Waals surface area contributed by atoms with Gasteiger partial charge in [0.2, 0.25) is 0 Å². The molecule has 0 fully saturated rings. The van der Waals surface area contributed by atoms with Crippen LogP contribution in [0.3, 0.4) is 0 Å². The molecule has 0 aliphatic heterocycles. The lowest BCUT2D eigenvalue weighted by atomic mass is 10.1. The predicted octanol–water partition coefficient (Wildman–Crippen LogP) is 5.27. The van der Waals surface area contributed by atoms with E-state index in [-0.39, 0.29) is 6.61 Å². The van der Waals surface area contributed by atoms with Crippen LogP contribution in [0.1, 0.15) is 6.92 Å². The number of fused-ring (bicyclic) bond motifs is 1. The molecule has 140 valence electrons. The first-order valence-corrected chi connectivity index (χ1v) is 10.1. The average molecular weight is 423 g/mol. The molecule has 3 rings (SSSR count). The molecule has 8 heteroatoms. The Morgan fingerprint density at radius 2 is 2.00 bits per heavy atom. The van der Waals surface area contributed by atoms with E-state index in [4.69, 9.17) is 37.7 Å². The summed E-state index contributed by atoms with van der Waals surface area (Å²) >= 11 is 13.6. The zero-order chi connectivity index (χ0) is 19.4. The van der Waals surface area contributed by atoms with Gasteiger partial charge in [-0.3, -0.25) is 4.98 Å². The number of nitrogens with zero attached hydrogens (tertiary/aromatic N) is 2. The van der Waals surface area contributed by atoms with Crippen LogP contribution in [-0.2, 0) is 9.53 Å². The fourth-order valence-corrected chi connectivity index (χ4v) is 3.30. The van der Waals surface area contributed by atoms with Gasteiger partial charge in [0.25, 0.3) is 0 Å². The highest BCUT2D eigenvalue weighted by Gasteiger charge is 2.13. The number of carbonyl (C=O) groups excluding carboxylic acids is 1. The minimum absolute atomic E-state index is 0.132. The zero-order valence-corrected chi connectivity index (χ0v) is 17.0. The number of esters is 1. The summed E-state index contributed by atoms with van der Waals surface area (Å²) in [4.78, 5) is 21.4. The third kappa shape index (κ3) is 4.64. The van der Waals surface area contributed by atoms with Gasteiger partial charge in [-0.25, -0.2) is 9.78 Å². The quantitative estimate of drug-likeness (QED) is 0.398. The molecule has 0 saturated carbocycles. The van der Waals surface area contributed by atoms with E-state index in [2.05, 4.69) is 4.98 Å². The molecule has 0 amide bonds. The molecule has 3 aromatic rings. The predicted molar refractivity (Wildman–Crippen MR) is 109 cm³/mol. The maximum absolute atomic E-state index is 11.4. The molecule has 0 atom stereocenters. The number of hydrogen-bond donors (Lipinski definition) is 0. The lowest BCUT2D eigenvalue weighted by molar-refractivity contribution is -0.145. The largest absolute Gasteiger partial charge is 0.482 e. The first kappa shape index (κ1) is 19.7. The van der Waals surface area contributed by atoms with Crippen molar-refractivity contribution < 1.29 is 14.3 Å². The van der Waals surface area contributed by atoms with Crippen molar-refractivity contribution >= 4 is 51.8 Å². The maximum Gasteiger partial charge on any atom is 0.344 e.